The molecule has 1 fully saturated rings. The van der Waals surface area contributed by atoms with Crippen molar-refractivity contribution in [3.05, 3.63) is 16.1 Å². The van der Waals surface area contributed by atoms with Crippen molar-refractivity contribution >= 4 is 11.3 Å². The van der Waals surface area contributed by atoms with Crippen molar-refractivity contribution in [3.8, 4) is 0 Å². The normalized spacial score (nSPS) is 19.3. The Hall–Kier alpha value is -0.620. The van der Waals surface area contributed by atoms with Crippen molar-refractivity contribution in [3.63, 3.8) is 0 Å². The first-order valence-electron chi connectivity index (χ1n) is 6.25. The largest absolute Gasteiger partial charge is 0.443 e. The highest BCUT2D eigenvalue weighted by Crippen LogP contribution is 2.36. The fraction of sp³-hybridized carbons (Fsp3) is 0.750. The predicted octanol–water partition coefficient (Wildman–Crippen LogP) is 4.13. The Kier molecular flexibility index (Phi) is 4.27. The van der Waals surface area contributed by atoms with Crippen LogP contribution >= 0.6 is 11.3 Å². The molecule has 0 bridgehead atoms. The molecule has 0 saturated heterocycles. The summed E-state index contributed by atoms with van der Waals surface area (Å²) in [5.41, 5.74) is 5.93. The summed E-state index contributed by atoms with van der Waals surface area (Å²) in [5, 5.41) is -0.797. The highest BCUT2D eigenvalue weighted by Gasteiger charge is 2.35. The van der Waals surface area contributed by atoms with Crippen LogP contribution in [0.25, 0.3) is 0 Å². The molecule has 0 aliphatic heterocycles. The van der Waals surface area contributed by atoms with Gasteiger partial charge in [0.05, 0.1) is 0 Å². The van der Waals surface area contributed by atoms with Gasteiger partial charge in [0.25, 0.3) is 0 Å². The number of hydrogen-bond donors (Lipinski definition) is 1. The van der Waals surface area contributed by atoms with Gasteiger partial charge in [-0.1, -0.05) is 25.7 Å². The third-order valence-corrected chi connectivity index (χ3v) is 4.67. The monoisotopic (exact) mass is 278 g/mol. The molecule has 1 unspecified atom stereocenters. The standard InChI is InChI=1S/C12H17F3N2S/c13-12(14,15)11-17-7-10(18-11)9(16)6-5-8-3-1-2-4-8/h7-9H,1-6,16H2. The summed E-state index contributed by atoms with van der Waals surface area (Å²) in [5.74, 6) is 0.714. The molecule has 18 heavy (non-hydrogen) atoms. The van der Waals surface area contributed by atoms with Crippen LogP contribution in [0.3, 0.4) is 0 Å². The van der Waals surface area contributed by atoms with Crippen LogP contribution in [0.2, 0.25) is 0 Å². The highest BCUT2D eigenvalue weighted by atomic mass is 32.1. The smallest absolute Gasteiger partial charge is 0.323 e. The number of aromatic nitrogens is 1. The van der Waals surface area contributed by atoms with E-state index in [2.05, 4.69) is 4.98 Å². The maximum Gasteiger partial charge on any atom is 0.443 e. The van der Waals surface area contributed by atoms with Crippen molar-refractivity contribution < 1.29 is 13.2 Å². The van der Waals surface area contributed by atoms with Gasteiger partial charge in [0.2, 0.25) is 0 Å². The molecule has 2 N–H and O–H groups in total. The summed E-state index contributed by atoms with van der Waals surface area (Å²) in [7, 11) is 0. The summed E-state index contributed by atoms with van der Waals surface area (Å²) in [6.07, 6.45) is 3.72. The molecule has 1 aromatic heterocycles. The molecule has 0 amide bonds. The lowest BCUT2D eigenvalue weighted by Gasteiger charge is -2.12. The van der Waals surface area contributed by atoms with E-state index in [1.54, 1.807) is 0 Å². The first kappa shape index (κ1) is 13.8. The zero-order chi connectivity index (χ0) is 13.2. The molecule has 1 atom stereocenters. The number of hydrogen-bond acceptors (Lipinski definition) is 3. The van der Waals surface area contributed by atoms with E-state index in [9.17, 15) is 13.2 Å². The molecule has 6 heteroatoms. The average Bonchev–Trinajstić information content (AvgIpc) is 2.96. The van der Waals surface area contributed by atoms with Crippen molar-refractivity contribution in [2.45, 2.75) is 50.7 Å². The highest BCUT2D eigenvalue weighted by molar-refractivity contribution is 7.11. The summed E-state index contributed by atoms with van der Waals surface area (Å²) < 4.78 is 37.2. The number of rotatable bonds is 4. The second kappa shape index (κ2) is 5.57. The minimum absolute atomic E-state index is 0.306. The summed E-state index contributed by atoms with van der Waals surface area (Å²) >= 11 is 0.669. The Morgan fingerprint density at radius 1 is 1.39 bits per heavy atom. The van der Waals surface area contributed by atoms with E-state index in [1.807, 2.05) is 0 Å². The van der Waals surface area contributed by atoms with Crippen LogP contribution < -0.4 is 5.73 Å². The van der Waals surface area contributed by atoms with Gasteiger partial charge in [-0.05, 0) is 18.8 Å². The van der Waals surface area contributed by atoms with E-state index in [0.29, 0.717) is 22.1 Å². The molecule has 1 aliphatic carbocycles. The molecule has 2 rings (SSSR count). The van der Waals surface area contributed by atoms with Crippen molar-refractivity contribution in [1.29, 1.82) is 0 Å². The third-order valence-electron chi connectivity index (χ3n) is 3.49. The SMILES string of the molecule is NC(CCC1CCCC1)c1cnc(C(F)(F)F)s1. The maximum atomic E-state index is 12.4. The van der Waals surface area contributed by atoms with Gasteiger partial charge in [-0.25, -0.2) is 4.98 Å². The second-order valence-corrected chi connectivity index (χ2v) is 5.96. The molecule has 1 heterocycles. The van der Waals surface area contributed by atoms with Gasteiger partial charge in [0.15, 0.2) is 5.01 Å². The molecule has 1 saturated carbocycles. The fourth-order valence-electron chi connectivity index (χ4n) is 2.45. The number of alkyl halides is 3. The molecule has 0 aromatic carbocycles. The summed E-state index contributed by atoms with van der Waals surface area (Å²) in [6, 6.07) is -0.306. The minimum Gasteiger partial charge on any atom is -0.323 e. The number of nitrogens with two attached hydrogens (primary N) is 1. The van der Waals surface area contributed by atoms with Crippen LogP contribution in [0.5, 0.6) is 0 Å². The molecule has 1 aliphatic rings. The zero-order valence-electron chi connectivity index (χ0n) is 10.0. The Bertz CT molecular complexity index is 383. The predicted molar refractivity (Wildman–Crippen MR) is 65.2 cm³/mol. The number of nitrogens with zero attached hydrogens (tertiary/aromatic N) is 1. The van der Waals surface area contributed by atoms with Gasteiger partial charge in [-0.3, -0.25) is 0 Å². The van der Waals surface area contributed by atoms with E-state index >= 15 is 0 Å². The lowest BCUT2D eigenvalue weighted by Crippen LogP contribution is -2.10. The van der Waals surface area contributed by atoms with Crippen LogP contribution in [-0.4, -0.2) is 4.98 Å². The van der Waals surface area contributed by atoms with Gasteiger partial charge in [-0.15, -0.1) is 11.3 Å². The lowest BCUT2D eigenvalue weighted by atomic mass is 9.98. The molecule has 0 radical (unpaired) electrons. The Labute approximate surface area is 108 Å². The van der Waals surface area contributed by atoms with Crippen molar-refractivity contribution in [1.82, 2.24) is 4.98 Å². The van der Waals surface area contributed by atoms with Gasteiger partial charge in [0.1, 0.15) is 0 Å². The molecule has 102 valence electrons. The molecule has 0 spiro atoms. The topological polar surface area (TPSA) is 38.9 Å². The Morgan fingerprint density at radius 3 is 2.61 bits per heavy atom. The van der Waals surface area contributed by atoms with Gasteiger partial charge < -0.3 is 5.73 Å². The Morgan fingerprint density at radius 2 is 2.06 bits per heavy atom. The van der Waals surface area contributed by atoms with E-state index < -0.39 is 11.2 Å². The van der Waals surface area contributed by atoms with Crippen LogP contribution in [0, 0.1) is 5.92 Å². The third kappa shape index (κ3) is 3.45. The van der Waals surface area contributed by atoms with Crippen molar-refractivity contribution in [2.24, 2.45) is 11.7 Å². The van der Waals surface area contributed by atoms with Crippen molar-refractivity contribution in [2.75, 3.05) is 0 Å². The van der Waals surface area contributed by atoms with Gasteiger partial charge in [-0.2, -0.15) is 13.2 Å². The van der Waals surface area contributed by atoms with Gasteiger partial charge >= 0.3 is 6.18 Å². The van der Waals surface area contributed by atoms with Gasteiger partial charge in [0, 0.05) is 17.1 Å². The molecular weight excluding hydrogens is 261 g/mol. The van der Waals surface area contributed by atoms with Crippen LogP contribution in [-0.2, 0) is 6.18 Å². The fourth-order valence-corrected chi connectivity index (χ4v) is 3.26. The minimum atomic E-state index is -4.35. The Balaban J connectivity index is 1.88. The van der Waals surface area contributed by atoms with E-state index in [0.717, 1.165) is 12.8 Å². The van der Waals surface area contributed by atoms with E-state index in [4.69, 9.17) is 5.73 Å². The first-order chi connectivity index (χ1) is 8.47. The second-order valence-electron chi connectivity index (χ2n) is 4.90. The number of thiazole rings is 1. The summed E-state index contributed by atoms with van der Waals surface area (Å²) in [4.78, 5) is 3.94. The van der Waals surface area contributed by atoms with Crippen LogP contribution in [0.4, 0.5) is 13.2 Å². The van der Waals surface area contributed by atoms with Crippen LogP contribution in [0.1, 0.15) is 54.5 Å². The quantitative estimate of drug-likeness (QED) is 0.899. The van der Waals surface area contributed by atoms with Crippen LogP contribution in [0.15, 0.2) is 6.20 Å². The lowest BCUT2D eigenvalue weighted by molar-refractivity contribution is -0.137. The van der Waals surface area contributed by atoms with E-state index in [-0.39, 0.29) is 6.04 Å². The molecule has 1 aromatic rings. The first-order valence-corrected chi connectivity index (χ1v) is 7.07. The average molecular weight is 278 g/mol. The van der Waals surface area contributed by atoms with E-state index in [1.165, 1.54) is 31.9 Å². The molecule has 2 nitrogen and oxygen atoms in total. The maximum absolute atomic E-state index is 12.4. The summed E-state index contributed by atoms with van der Waals surface area (Å²) in [6.45, 7) is 0. The molecular formula is C12H17F3N2S. The zero-order valence-corrected chi connectivity index (χ0v) is 10.9. The number of halogens is 3.